The van der Waals surface area contributed by atoms with Gasteiger partial charge in [-0.3, -0.25) is 0 Å². The predicted molar refractivity (Wildman–Crippen MR) is 63.6 cm³/mol. The quantitative estimate of drug-likeness (QED) is 0.836. The third-order valence-corrected chi connectivity index (χ3v) is 4.11. The summed E-state index contributed by atoms with van der Waals surface area (Å²) in [6.07, 6.45) is 0.851. The van der Waals surface area contributed by atoms with E-state index in [0.717, 1.165) is 34.8 Å². The summed E-state index contributed by atoms with van der Waals surface area (Å²) in [6, 6.07) is 5.94. The molecular weight excluding hydrogens is 208 g/mol. The first-order valence-corrected chi connectivity index (χ1v) is 6.26. The molecule has 0 aromatic heterocycles. The first-order chi connectivity index (χ1) is 7.15. The smallest absolute Gasteiger partial charge is 0.121 e. The van der Waals surface area contributed by atoms with E-state index in [9.17, 15) is 5.11 Å². The molecule has 1 aliphatic rings. The maximum atomic E-state index is 10.4. The summed E-state index contributed by atoms with van der Waals surface area (Å²) < 4.78 is 5.21. The van der Waals surface area contributed by atoms with Gasteiger partial charge in [-0.2, -0.15) is 11.8 Å². The van der Waals surface area contributed by atoms with Crippen LogP contribution in [0, 0.1) is 6.92 Å². The van der Waals surface area contributed by atoms with Crippen molar-refractivity contribution in [1.82, 2.24) is 0 Å². The highest BCUT2D eigenvalue weighted by molar-refractivity contribution is 7.99. The van der Waals surface area contributed by atoms with E-state index in [1.165, 1.54) is 0 Å². The van der Waals surface area contributed by atoms with Crippen LogP contribution >= 0.6 is 11.8 Å². The Bertz CT molecular complexity index is 357. The molecule has 0 radical (unpaired) electrons. The molecule has 0 aliphatic carbocycles. The van der Waals surface area contributed by atoms with Crippen LogP contribution in [0.1, 0.15) is 17.5 Å². The third-order valence-electron chi connectivity index (χ3n) is 2.93. The molecule has 1 aliphatic heterocycles. The Morgan fingerprint density at radius 2 is 2.27 bits per heavy atom. The van der Waals surface area contributed by atoms with Crippen molar-refractivity contribution in [3.63, 3.8) is 0 Å². The minimum Gasteiger partial charge on any atom is -0.496 e. The SMILES string of the molecule is COc1ccc(C2(O)CCSC2)cc1C. The maximum absolute atomic E-state index is 10.4. The van der Waals surface area contributed by atoms with Crippen molar-refractivity contribution in [3.8, 4) is 5.75 Å². The fourth-order valence-corrected chi connectivity index (χ4v) is 3.22. The van der Waals surface area contributed by atoms with Gasteiger partial charge in [0.05, 0.1) is 12.7 Å². The monoisotopic (exact) mass is 224 g/mol. The van der Waals surface area contributed by atoms with Gasteiger partial charge in [0.25, 0.3) is 0 Å². The van der Waals surface area contributed by atoms with E-state index in [2.05, 4.69) is 0 Å². The fraction of sp³-hybridized carbons (Fsp3) is 0.500. The summed E-state index contributed by atoms with van der Waals surface area (Å²) in [6.45, 7) is 2.01. The number of thioether (sulfide) groups is 1. The van der Waals surface area contributed by atoms with Crippen molar-refractivity contribution >= 4 is 11.8 Å². The van der Waals surface area contributed by atoms with E-state index in [0.29, 0.717) is 0 Å². The average Bonchev–Trinajstić information content (AvgIpc) is 2.66. The van der Waals surface area contributed by atoms with E-state index in [-0.39, 0.29) is 0 Å². The molecule has 15 heavy (non-hydrogen) atoms. The van der Waals surface area contributed by atoms with Gasteiger partial charge in [0.15, 0.2) is 0 Å². The molecule has 1 atom stereocenters. The summed E-state index contributed by atoms with van der Waals surface area (Å²) in [5.74, 6) is 2.73. The highest BCUT2D eigenvalue weighted by Gasteiger charge is 2.33. The molecule has 1 saturated heterocycles. The van der Waals surface area contributed by atoms with E-state index in [1.807, 2.05) is 36.9 Å². The van der Waals surface area contributed by atoms with Gasteiger partial charge in [0, 0.05) is 5.75 Å². The van der Waals surface area contributed by atoms with Crippen LogP contribution < -0.4 is 4.74 Å². The van der Waals surface area contributed by atoms with E-state index in [4.69, 9.17) is 4.74 Å². The molecule has 1 aromatic carbocycles. The molecule has 2 rings (SSSR count). The molecule has 3 heteroatoms. The van der Waals surface area contributed by atoms with Crippen LogP contribution in [0.3, 0.4) is 0 Å². The molecule has 0 bridgehead atoms. The van der Waals surface area contributed by atoms with Gasteiger partial charge in [-0.15, -0.1) is 0 Å². The molecule has 1 fully saturated rings. The molecule has 0 saturated carbocycles. The van der Waals surface area contributed by atoms with Gasteiger partial charge in [-0.25, -0.2) is 0 Å². The maximum Gasteiger partial charge on any atom is 0.121 e. The lowest BCUT2D eigenvalue weighted by Crippen LogP contribution is -2.24. The summed E-state index contributed by atoms with van der Waals surface area (Å²) in [5.41, 5.74) is 1.48. The number of hydrogen-bond donors (Lipinski definition) is 1. The minimum absolute atomic E-state index is 0.623. The third kappa shape index (κ3) is 1.99. The lowest BCUT2D eigenvalue weighted by atomic mass is 9.92. The zero-order valence-corrected chi connectivity index (χ0v) is 9.93. The van der Waals surface area contributed by atoms with Crippen molar-refractivity contribution in [2.45, 2.75) is 18.9 Å². The first kappa shape index (κ1) is 10.8. The second-order valence-electron chi connectivity index (χ2n) is 4.02. The molecule has 0 amide bonds. The van der Waals surface area contributed by atoms with Crippen molar-refractivity contribution in [2.24, 2.45) is 0 Å². The molecule has 2 nitrogen and oxygen atoms in total. The average molecular weight is 224 g/mol. The van der Waals surface area contributed by atoms with Crippen molar-refractivity contribution < 1.29 is 9.84 Å². The Balaban J connectivity index is 2.33. The number of hydrogen-bond acceptors (Lipinski definition) is 3. The Labute approximate surface area is 94.6 Å². The summed E-state index contributed by atoms with van der Waals surface area (Å²) in [4.78, 5) is 0. The van der Waals surface area contributed by atoms with Crippen molar-refractivity contribution in [3.05, 3.63) is 29.3 Å². The minimum atomic E-state index is -0.623. The number of ether oxygens (including phenoxy) is 1. The van der Waals surface area contributed by atoms with Crippen LogP contribution in [0.25, 0.3) is 0 Å². The molecule has 1 N–H and O–H groups in total. The number of aryl methyl sites for hydroxylation is 1. The Morgan fingerprint density at radius 3 is 2.80 bits per heavy atom. The van der Waals surface area contributed by atoms with Gasteiger partial charge in [0.2, 0.25) is 0 Å². The summed E-state index contributed by atoms with van der Waals surface area (Å²) in [5, 5.41) is 10.4. The van der Waals surface area contributed by atoms with E-state index < -0.39 is 5.60 Å². The van der Waals surface area contributed by atoms with Crippen LogP contribution in [0.15, 0.2) is 18.2 Å². The normalized spacial score (nSPS) is 25.5. The topological polar surface area (TPSA) is 29.5 Å². The lowest BCUT2D eigenvalue weighted by molar-refractivity contribution is 0.0656. The van der Waals surface area contributed by atoms with Crippen LogP contribution in [-0.4, -0.2) is 23.7 Å². The predicted octanol–water partition coefficient (Wildman–Crippen LogP) is 2.33. The molecule has 1 unspecified atom stereocenters. The molecule has 82 valence electrons. The second kappa shape index (κ2) is 4.06. The Morgan fingerprint density at radius 1 is 1.47 bits per heavy atom. The number of methoxy groups -OCH3 is 1. The highest BCUT2D eigenvalue weighted by Crippen LogP contribution is 2.37. The number of rotatable bonds is 2. The number of benzene rings is 1. The zero-order chi connectivity index (χ0) is 10.9. The Kier molecular flexibility index (Phi) is 2.94. The summed E-state index contributed by atoms with van der Waals surface area (Å²) in [7, 11) is 1.67. The summed E-state index contributed by atoms with van der Waals surface area (Å²) >= 11 is 1.81. The van der Waals surface area contributed by atoms with Gasteiger partial charge >= 0.3 is 0 Å². The van der Waals surface area contributed by atoms with Crippen LogP contribution in [0.5, 0.6) is 5.75 Å². The van der Waals surface area contributed by atoms with Crippen LogP contribution in [0.2, 0.25) is 0 Å². The van der Waals surface area contributed by atoms with Crippen molar-refractivity contribution in [2.75, 3.05) is 18.6 Å². The first-order valence-electron chi connectivity index (χ1n) is 5.11. The van der Waals surface area contributed by atoms with Gasteiger partial charge in [-0.05, 0) is 42.4 Å². The fourth-order valence-electron chi connectivity index (χ4n) is 1.95. The molecular formula is C12H16O2S. The van der Waals surface area contributed by atoms with E-state index >= 15 is 0 Å². The Hall–Kier alpha value is -0.670. The van der Waals surface area contributed by atoms with Gasteiger partial charge < -0.3 is 9.84 Å². The largest absolute Gasteiger partial charge is 0.496 e. The van der Waals surface area contributed by atoms with Crippen molar-refractivity contribution in [1.29, 1.82) is 0 Å². The van der Waals surface area contributed by atoms with E-state index in [1.54, 1.807) is 7.11 Å². The highest BCUT2D eigenvalue weighted by atomic mass is 32.2. The van der Waals surface area contributed by atoms with Gasteiger partial charge in [0.1, 0.15) is 5.75 Å². The van der Waals surface area contributed by atoms with Gasteiger partial charge in [-0.1, -0.05) is 6.07 Å². The zero-order valence-electron chi connectivity index (χ0n) is 9.12. The number of aliphatic hydroxyl groups is 1. The molecule has 1 heterocycles. The molecule has 0 spiro atoms. The van der Waals surface area contributed by atoms with Crippen LogP contribution in [0.4, 0.5) is 0 Å². The lowest BCUT2D eigenvalue weighted by Gasteiger charge is -2.22. The molecule has 1 aromatic rings. The van der Waals surface area contributed by atoms with Crippen LogP contribution in [-0.2, 0) is 5.60 Å². The standard InChI is InChI=1S/C12H16O2S/c1-9-7-10(3-4-11(9)14-2)12(13)5-6-15-8-12/h3-4,7,13H,5-6,8H2,1-2H3. The second-order valence-corrected chi connectivity index (χ2v) is 5.12.